The first-order chi connectivity index (χ1) is 9.06. The van der Waals surface area contributed by atoms with E-state index in [4.69, 9.17) is 5.73 Å². The number of rotatable bonds is 4. The summed E-state index contributed by atoms with van der Waals surface area (Å²) in [5.74, 6) is 1.38. The van der Waals surface area contributed by atoms with Crippen molar-refractivity contribution in [2.24, 2.45) is 5.92 Å². The summed E-state index contributed by atoms with van der Waals surface area (Å²) in [6.45, 7) is 2.29. The lowest BCUT2D eigenvalue weighted by Gasteiger charge is -2.33. The van der Waals surface area contributed by atoms with Gasteiger partial charge in [-0.2, -0.15) is 0 Å². The summed E-state index contributed by atoms with van der Waals surface area (Å²) < 4.78 is 0.761. The number of anilines is 1. The molecule has 106 valence electrons. The van der Waals surface area contributed by atoms with Crippen molar-refractivity contribution in [1.82, 2.24) is 15.1 Å². The van der Waals surface area contributed by atoms with Gasteiger partial charge in [0.05, 0.1) is 5.75 Å². The molecule has 7 heteroatoms. The number of nitrogen functional groups attached to an aromatic ring is 1. The van der Waals surface area contributed by atoms with Gasteiger partial charge in [-0.05, 0) is 31.6 Å². The number of thioether (sulfide) groups is 1. The molecule has 0 bridgehead atoms. The molecule has 2 N–H and O–H groups in total. The average Bonchev–Trinajstić information content (AvgIpc) is 2.82. The number of carbonyl (C=O) groups excluding carboxylic acids is 1. The average molecular weight is 300 g/mol. The van der Waals surface area contributed by atoms with Crippen LogP contribution < -0.4 is 5.73 Å². The van der Waals surface area contributed by atoms with Crippen LogP contribution in [0.4, 0.5) is 5.13 Å². The van der Waals surface area contributed by atoms with Crippen LogP contribution in [0.3, 0.4) is 0 Å². The smallest absolute Gasteiger partial charge is 0.233 e. The summed E-state index contributed by atoms with van der Waals surface area (Å²) >= 11 is 2.74. The van der Waals surface area contributed by atoms with Gasteiger partial charge in [0.1, 0.15) is 0 Å². The van der Waals surface area contributed by atoms with Crippen LogP contribution in [-0.2, 0) is 4.79 Å². The highest BCUT2D eigenvalue weighted by molar-refractivity contribution is 8.01. The molecule has 2 rings (SSSR count). The van der Waals surface area contributed by atoms with Crippen LogP contribution in [-0.4, -0.2) is 39.8 Å². The molecule has 0 atom stereocenters. The summed E-state index contributed by atoms with van der Waals surface area (Å²) in [5, 5.41) is 8.09. The highest BCUT2D eigenvalue weighted by Crippen LogP contribution is 2.28. The minimum Gasteiger partial charge on any atom is -0.374 e. The van der Waals surface area contributed by atoms with Crippen molar-refractivity contribution in [3.8, 4) is 0 Å². The van der Waals surface area contributed by atoms with Gasteiger partial charge in [0.2, 0.25) is 11.0 Å². The fourth-order valence-electron chi connectivity index (χ4n) is 2.34. The number of nitrogens with two attached hydrogens (primary N) is 1. The second-order valence-corrected chi connectivity index (χ2v) is 7.34. The number of aromatic nitrogens is 2. The highest BCUT2D eigenvalue weighted by Gasteiger charge is 2.24. The van der Waals surface area contributed by atoms with Crippen LogP contribution in [0.25, 0.3) is 0 Å². The van der Waals surface area contributed by atoms with Gasteiger partial charge in [-0.25, -0.2) is 0 Å². The van der Waals surface area contributed by atoms with Gasteiger partial charge in [-0.1, -0.05) is 30.0 Å². The third kappa shape index (κ3) is 4.07. The molecule has 5 nitrogen and oxygen atoms in total. The Morgan fingerprint density at radius 3 is 2.68 bits per heavy atom. The second kappa shape index (κ2) is 6.56. The molecule has 1 aliphatic rings. The molecule has 19 heavy (non-hydrogen) atoms. The zero-order valence-corrected chi connectivity index (χ0v) is 13.0. The molecule has 0 spiro atoms. The molecule has 1 saturated carbocycles. The molecule has 0 saturated heterocycles. The van der Waals surface area contributed by atoms with Crippen molar-refractivity contribution < 1.29 is 4.79 Å². The van der Waals surface area contributed by atoms with E-state index in [-0.39, 0.29) is 5.91 Å². The van der Waals surface area contributed by atoms with Crippen LogP contribution in [0.1, 0.15) is 32.6 Å². The number of hydrogen-bond donors (Lipinski definition) is 1. The third-order valence-electron chi connectivity index (χ3n) is 3.67. The van der Waals surface area contributed by atoms with Crippen molar-refractivity contribution in [2.45, 2.75) is 43.0 Å². The normalized spacial score (nSPS) is 23.3. The van der Waals surface area contributed by atoms with Crippen LogP contribution in [0.2, 0.25) is 0 Å². The largest absolute Gasteiger partial charge is 0.374 e. The Labute approximate surface area is 122 Å². The summed E-state index contributed by atoms with van der Waals surface area (Å²) in [6.07, 6.45) is 4.70. The molecule has 0 aliphatic heterocycles. The van der Waals surface area contributed by atoms with Gasteiger partial charge >= 0.3 is 0 Å². The van der Waals surface area contributed by atoms with Gasteiger partial charge in [0.15, 0.2) is 4.34 Å². The number of nitrogens with zero attached hydrogens (tertiary/aromatic N) is 3. The number of amides is 1. The monoisotopic (exact) mass is 300 g/mol. The van der Waals surface area contributed by atoms with Crippen LogP contribution in [0.5, 0.6) is 0 Å². The molecule has 1 aliphatic carbocycles. The molecular formula is C12H20N4OS2. The van der Waals surface area contributed by atoms with E-state index >= 15 is 0 Å². The van der Waals surface area contributed by atoms with Gasteiger partial charge in [-0.3, -0.25) is 4.79 Å². The minimum atomic E-state index is 0.165. The van der Waals surface area contributed by atoms with Crippen LogP contribution in [0.15, 0.2) is 4.34 Å². The molecule has 0 radical (unpaired) electrons. The van der Waals surface area contributed by atoms with Crippen molar-refractivity contribution >= 4 is 34.1 Å². The molecule has 1 aromatic rings. The Morgan fingerprint density at radius 2 is 2.11 bits per heavy atom. The Balaban J connectivity index is 1.79. The fraction of sp³-hybridized carbons (Fsp3) is 0.750. The quantitative estimate of drug-likeness (QED) is 0.863. The van der Waals surface area contributed by atoms with E-state index in [0.29, 0.717) is 16.9 Å². The van der Waals surface area contributed by atoms with E-state index in [9.17, 15) is 4.79 Å². The summed E-state index contributed by atoms with van der Waals surface area (Å²) in [7, 11) is 1.91. The second-order valence-electron chi connectivity index (χ2n) is 5.11. The van der Waals surface area contributed by atoms with Gasteiger partial charge in [-0.15, -0.1) is 10.2 Å². The number of carbonyl (C=O) groups is 1. The highest BCUT2D eigenvalue weighted by atomic mass is 32.2. The molecule has 1 heterocycles. The van der Waals surface area contributed by atoms with E-state index < -0.39 is 0 Å². The molecule has 1 aromatic heterocycles. The first kappa shape index (κ1) is 14.6. The lowest BCUT2D eigenvalue weighted by Crippen LogP contribution is -2.40. The van der Waals surface area contributed by atoms with E-state index in [0.717, 1.165) is 23.1 Å². The third-order valence-corrected chi connectivity index (χ3v) is 5.54. The fourth-order valence-corrected chi connectivity index (χ4v) is 3.90. The topological polar surface area (TPSA) is 72.1 Å². The maximum Gasteiger partial charge on any atom is 0.233 e. The van der Waals surface area contributed by atoms with Crippen LogP contribution >= 0.6 is 23.1 Å². The Kier molecular flexibility index (Phi) is 5.04. The van der Waals surface area contributed by atoms with E-state index in [1.165, 1.54) is 35.9 Å². The zero-order chi connectivity index (χ0) is 13.8. The summed E-state index contributed by atoms with van der Waals surface area (Å²) in [5.41, 5.74) is 5.51. The lowest BCUT2D eigenvalue weighted by atomic mass is 9.87. The Hall–Kier alpha value is -0.820. The van der Waals surface area contributed by atoms with Crippen molar-refractivity contribution in [3.05, 3.63) is 0 Å². The molecule has 0 aromatic carbocycles. The maximum absolute atomic E-state index is 12.1. The molecular weight excluding hydrogens is 280 g/mol. The first-order valence-corrected chi connectivity index (χ1v) is 8.34. The Morgan fingerprint density at radius 1 is 1.42 bits per heavy atom. The Bertz CT molecular complexity index is 429. The SMILES string of the molecule is CC1CCC(N(C)C(=O)CSc2nnc(N)s2)CC1. The predicted molar refractivity (Wildman–Crippen MR) is 79.2 cm³/mol. The maximum atomic E-state index is 12.1. The molecule has 1 amide bonds. The minimum absolute atomic E-state index is 0.165. The van der Waals surface area contributed by atoms with Crippen molar-refractivity contribution in [3.63, 3.8) is 0 Å². The van der Waals surface area contributed by atoms with Crippen molar-refractivity contribution in [2.75, 3.05) is 18.5 Å². The van der Waals surface area contributed by atoms with Crippen LogP contribution in [0, 0.1) is 5.92 Å². The van der Waals surface area contributed by atoms with Gasteiger partial charge in [0.25, 0.3) is 0 Å². The van der Waals surface area contributed by atoms with Gasteiger partial charge in [0, 0.05) is 13.1 Å². The first-order valence-electron chi connectivity index (χ1n) is 6.53. The zero-order valence-electron chi connectivity index (χ0n) is 11.3. The van der Waals surface area contributed by atoms with Crippen molar-refractivity contribution in [1.29, 1.82) is 0 Å². The van der Waals surface area contributed by atoms with E-state index in [2.05, 4.69) is 17.1 Å². The number of hydrogen-bond acceptors (Lipinski definition) is 6. The predicted octanol–water partition coefficient (Wildman–Crippen LogP) is 2.25. The van der Waals surface area contributed by atoms with E-state index in [1.54, 1.807) is 0 Å². The summed E-state index contributed by atoms with van der Waals surface area (Å²) in [4.78, 5) is 14.0. The standard InChI is InChI=1S/C12H20N4OS2/c1-8-3-5-9(6-4-8)16(2)10(17)7-18-12-15-14-11(13)19-12/h8-9H,3-7H2,1-2H3,(H2,13,14). The molecule has 0 unspecified atom stereocenters. The van der Waals surface area contributed by atoms with E-state index in [1.807, 2.05) is 11.9 Å². The lowest BCUT2D eigenvalue weighted by molar-refractivity contribution is -0.129. The van der Waals surface area contributed by atoms with Gasteiger partial charge < -0.3 is 10.6 Å². The molecule has 1 fully saturated rings. The summed E-state index contributed by atoms with van der Waals surface area (Å²) in [6, 6.07) is 0.406.